The second kappa shape index (κ2) is 6.19. The van der Waals surface area contributed by atoms with Crippen LogP contribution in [0, 0.1) is 0 Å². The maximum absolute atomic E-state index is 4.14. The van der Waals surface area contributed by atoms with Crippen LogP contribution in [0.25, 0.3) is 11.1 Å². The first-order valence-corrected chi connectivity index (χ1v) is 6.39. The average Bonchev–Trinajstić information content (AvgIpc) is 2.41. The monoisotopic (exact) mass is 225 g/mol. The molecule has 0 atom stereocenters. The van der Waals surface area contributed by atoms with Crippen molar-refractivity contribution in [2.75, 3.05) is 0 Å². The highest BCUT2D eigenvalue weighted by molar-refractivity contribution is 5.62. The fraction of sp³-hybridized carbons (Fsp3) is 0.312. The second-order valence-electron chi connectivity index (χ2n) is 4.40. The molecule has 0 amide bonds. The zero-order valence-electron chi connectivity index (χ0n) is 10.4. The molecule has 0 aliphatic heterocycles. The van der Waals surface area contributed by atoms with E-state index in [-0.39, 0.29) is 0 Å². The minimum absolute atomic E-state index is 1.19. The Kier molecular flexibility index (Phi) is 4.31. The molecule has 0 aliphatic carbocycles. The summed E-state index contributed by atoms with van der Waals surface area (Å²) in [5.41, 5.74) is 3.87. The van der Waals surface area contributed by atoms with Gasteiger partial charge in [-0.15, -0.1) is 0 Å². The molecule has 1 nitrogen and oxygen atoms in total. The first-order valence-electron chi connectivity index (χ1n) is 6.39. The van der Waals surface area contributed by atoms with E-state index in [2.05, 4.69) is 42.2 Å². The van der Waals surface area contributed by atoms with Crippen LogP contribution in [0.3, 0.4) is 0 Å². The minimum Gasteiger partial charge on any atom is -0.264 e. The summed E-state index contributed by atoms with van der Waals surface area (Å²) in [4.78, 5) is 4.14. The van der Waals surface area contributed by atoms with Crippen molar-refractivity contribution < 1.29 is 0 Å². The molecule has 1 heterocycles. The molecule has 0 bridgehead atoms. The number of hydrogen-bond donors (Lipinski definition) is 0. The summed E-state index contributed by atoms with van der Waals surface area (Å²) in [5.74, 6) is 0. The second-order valence-corrected chi connectivity index (χ2v) is 4.40. The molecule has 0 spiro atoms. The maximum atomic E-state index is 4.14. The van der Waals surface area contributed by atoms with Crippen LogP contribution in [0.2, 0.25) is 0 Å². The third-order valence-corrected chi connectivity index (χ3v) is 3.02. The molecule has 1 heteroatoms. The molecular formula is C16H19N. The van der Waals surface area contributed by atoms with Gasteiger partial charge in [0.25, 0.3) is 0 Å². The van der Waals surface area contributed by atoms with Crippen LogP contribution in [-0.2, 0) is 6.42 Å². The standard InChI is InChI=1S/C16H19N/c1-2-3-4-6-14-8-10-15(11-9-14)16-7-5-12-17-13-16/h5,7-13H,2-4,6H2,1H3. The van der Waals surface area contributed by atoms with Crippen molar-refractivity contribution in [3.05, 3.63) is 54.4 Å². The van der Waals surface area contributed by atoms with Crippen molar-refractivity contribution >= 4 is 0 Å². The maximum Gasteiger partial charge on any atom is 0.0346 e. The number of pyridine rings is 1. The number of aromatic nitrogens is 1. The number of hydrogen-bond acceptors (Lipinski definition) is 1. The summed E-state index contributed by atoms with van der Waals surface area (Å²) in [7, 11) is 0. The summed E-state index contributed by atoms with van der Waals surface area (Å²) in [6, 6.07) is 12.9. The molecule has 0 unspecified atom stereocenters. The van der Waals surface area contributed by atoms with E-state index in [1.807, 2.05) is 18.5 Å². The molecule has 2 rings (SSSR count). The van der Waals surface area contributed by atoms with Gasteiger partial charge in [-0.3, -0.25) is 4.98 Å². The molecule has 0 radical (unpaired) electrons. The fourth-order valence-electron chi connectivity index (χ4n) is 1.98. The van der Waals surface area contributed by atoms with E-state index in [9.17, 15) is 0 Å². The summed E-state index contributed by atoms with van der Waals surface area (Å²) >= 11 is 0. The van der Waals surface area contributed by atoms with E-state index in [1.54, 1.807) is 0 Å². The van der Waals surface area contributed by atoms with Gasteiger partial charge in [0, 0.05) is 12.4 Å². The molecule has 88 valence electrons. The molecule has 17 heavy (non-hydrogen) atoms. The number of rotatable bonds is 5. The highest BCUT2D eigenvalue weighted by Crippen LogP contribution is 2.19. The Morgan fingerprint density at radius 3 is 2.41 bits per heavy atom. The number of aryl methyl sites for hydroxylation is 1. The van der Waals surface area contributed by atoms with Gasteiger partial charge in [-0.05, 0) is 35.6 Å². The van der Waals surface area contributed by atoms with Crippen LogP contribution >= 0.6 is 0 Å². The Morgan fingerprint density at radius 1 is 0.941 bits per heavy atom. The van der Waals surface area contributed by atoms with Gasteiger partial charge in [-0.2, -0.15) is 0 Å². The van der Waals surface area contributed by atoms with E-state index < -0.39 is 0 Å². The topological polar surface area (TPSA) is 12.9 Å². The van der Waals surface area contributed by atoms with Crippen molar-refractivity contribution in [3.63, 3.8) is 0 Å². The minimum atomic E-state index is 1.19. The van der Waals surface area contributed by atoms with Crippen molar-refractivity contribution in [3.8, 4) is 11.1 Å². The van der Waals surface area contributed by atoms with Crippen molar-refractivity contribution in [1.29, 1.82) is 0 Å². The Bertz CT molecular complexity index is 431. The van der Waals surface area contributed by atoms with Crippen LogP contribution in [0.5, 0.6) is 0 Å². The van der Waals surface area contributed by atoms with Crippen LogP contribution < -0.4 is 0 Å². The lowest BCUT2D eigenvalue weighted by Gasteiger charge is -2.04. The number of unbranched alkanes of at least 4 members (excludes halogenated alkanes) is 2. The molecular weight excluding hydrogens is 206 g/mol. The van der Waals surface area contributed by atoms with Crippen molar-refractivity contribution in [1.82, 2.24) is 4.98 Å². The Labute approximate surface area is 104 Å². The molecule has 2 aromatic rings. The van der Waals surface area contributed by atoms with Crippen LogP contribution in [0.15, 0.2) is 48.8 Å². The first kappa shape index (κ1) is 11.8. The van der Waals surface area contributed by atoms with Gasteiger partial charge < -0.3 is 0 Å². The van der Waals surface area contributed by atoms with Gasteiger partial charge >= 0.3 is 0 Å². The molecule has 0 N–H and O–H groups in total. The first-order chi connectivity index (χ1) is 8.40. The lowest BCUT2D eigenvalue weighted by Crippen LogP contribution is -1.86. The van der Waals surface area contributed by atoms with E-state index in [0.29, 0.717) is 0 Å². The molecule has 0 saturated carbocycles. The van der Waals surface area contributed by atoms with Gasteiger partial charge in [-0.1, -0.05) is 50.1 Å². The van der Waals surface area contributed by atoms with Crippen LogP contribution in [0.4, 0.5) is 0 Å². The summed E-state index contributed by atoms with van der Waals surface area (Å²) < 4.78 is 0. The molecule has 0 aliphatic rings. The van der Waals surface area contributed by atoms with Gasteiger partial charge in [0.05, 0.1) is 0 Å². The fourth-order valence-corrected chi connectivity index (χ4v) is 1.98. The van der Waals surface area contributed by atoms with Crippen molar-refractivity contribution in [2.45, 2.75) is 32.6 Å². The van der Waals surface area contributed by atoms with Gasteiger partial charge in [0.15, 0.2) is 0 Å². The highest BCUT2D eigenvalue weighted by atomic mass is 14.6. The molecule has 0 fully saturated rings. The number of benzene rings is 1. The smallest absolute Gasteiger partial charge is 0.0346 e. The third-order valence-electron chi connectivity index (χ3n) is 3.02. The summed E-state index contributed by atoms with van der Waals surface area (Å²) in [6.07, 6.45) is 8.82. The average molecular weight is 225 g/mol. The predicted octanol–water partition coefficient (Wildman–Crippen LogP) is 4.48. The van der Waals surface area contributed by atoms with Crippen molar-refractivity contribution in [2.24, 2.45) is 0 Å². The summed E-state index contributed by atoms with van der Waals surface area (Å²) in [5, 5.41) is 0. The van der Waals surface area contributed by atoms with Gasteiger partial charge in [0.2, 0.25) is 0 Å². The Balaban J connectivity index is 2.03. The van der Waals surface area contributed by atoms with E-state index in [1.165, 1.54) is 42.4 Å². The third kappa shape index (κ3) is 3.42. The largest absolute Gasteiger partial charge is 0.264 e. The summed E-state index contributed by atoms with van der Waals surface area (Å²) in [6.45, 7) is 2.24. The Hall–Kier alpha value is -1.63. The SMILES string of the molecule is CCCCCc1ccc(-c2cccnc2)cc1. The normalized spacial score (nSPS) is 10.4. The molecule has 1 aromatic heterocycles. The zero-order chi connectivity index (χ0) is 11.9. The zero-order valence-corrected chi connectivity index (χ0v) is 10.4. The van der Waals surface area contributed by atoms with Gasteiger partial charge in [0.1, 0.15) is 0 Å². The molecule has 0 saturated heterocycles. The highest BCUT2D eigenvalue weighted by Gasteiger charge is 1.97. The van der Waals surface area contributed by atoms with E-state index in [4.69, 9.17) is 0 Å². The van der Waals surface area contributed by atoms with E-state index >= 15 is 0 Å². The Morgan fingerprint density at radius 2 is 1.76 bits per heavy atom. The van der Waals surface area contributed by atoms with Crippen LogP contribution in [-0.4, -0.2) is 4.98 Å². The predicted molar refractivity (Wildman–Crippen MR) is 72.9 cm³/mol. The quantitative estimate of drug-likeness (QED) is 0.684. The van der Waals surface area contributed by atoms with Gasteiger partial charge in [-0.25, -0.2) is 0 Å². The number of nitrogens with zero attached hydrogens (tertiary/aromatic N) is 1. The lowest BCUT2D eigenvalue weighted by atomic mass is 10.0. The lowest BCUT2D eigenvalue weighted by molar-refractivity contribution is 0.717. The molecule has 1 aromatic carbocycles. The van der Waals surface area contributed by atoms with E-state index in [0.717, 1.165) is 0 Å². The van der Waals surface area contributed by atoms with Crippen LogP contribution in [0.1, 0.15) is 31.7 Å².